The van der Waals surface area contributed by atoms with Gasteiger partial charge in [-0.15, -0.1) is 0 Å². The first kappa shape index (κ1) is 12.3. The monoisotopic (exact) mass is 229 g/mol. The first-order valence-electron chi connectivity index (χ1n) is 6.49. The van der Waals surface area contributed by atoms with Crippen LogP contribution in [0.15, 0.2) is 0 Å². The van der Waals surface area contributed by atoms with Crippen molar-refractivity contribution in [1.82, 2.24) is 4.90 Å². The smallest absolute Gasteiger partial charge is 0.159 e. The Morgan fingerprint density at radius 3 is 2.69 bits per heavy atom. The van der Waals surface area contributed by atoms with Crippen LogP contribution in [0.3, 0.4) is 0 Å². The van der Waals surface area contributed by atoms with Crippen LogP contribution in [0.5, 0.6) is 0 Å². The van der Waals surface area contributed by atoms with Crippen LogP contribution in [0, 0.1) is 0 Å². The summed E-state index contributed by atoms with van der Waals surface area (Å²) < 4.78 is 11.2. The molecule has 0 radical (unpaired) electrons. The summed E-state index contributed by atoms with van der Waals surface area (Å²) in [6.45, 7) is 4.37. The number of rotatable bonds is 5. The molecule has 2 saturated heterocycles. The van der Waals surface area contributed by atoms with E-state index in [1.54, 1.807) is 0 Å². The highest BCUT2D eigenvalue weighted by Crippen LogP contribution is 2.18. The maximum absolute atomic E-state index is 8.80. The predicted octanol–water partition coefficient (Wildman–Crippen LogP) is 0.986. The number of aliphatic hydroxyl groups excluding tert-OH is 1. The molecule has 2 aliphatic heterocycles. The largest absolute Gasteiger partial charge is 0.396 e. The van der Waals surface area contributed by atoms with Gasteiger partial charge in [0, 0.05) is 19.6 Å². The second kappa shape index (κ2) is 6.55. The van der Waals surface area contributed by atoms with Gasteiger partial charge in [0.1, 0.15) is 0 Å². The molecule has 0 aromatic rings. The van der Waals surface area contributed by atoms with Crippen molar-refractivity contribution in [3.05, 3.63) is 0 Å². The minimum atomic E-state index is -0.0431. The van der Waals surface area contributed by atoms with E-state index < -0.39 is 0 Å². The molecule has 0 bridgehead atoms. The van der Waals surface area contributed by atoms with Crippen molar-refractivity contribution in [2.75, 3.05) is 32.8 Å². The van der Waals surface area contributed by atoms with Gasteiger partial charge in [0.15, 0.2) is 6.29 Å². The average molecular weight is 229 g/mol. The van der Waals surface area contributed by atoms with Gasteiger partial charge in [-0.1, -0.05) is 6.42 Å². The second-order valence-electron chi connectivity index (χ2n) is 4.72. The SMILES string of the molecule is OCCC1COC(CCN2CCCCC2)O1. The molecule has 4 heteroatoms. The van der Waals surface area contributed by atoms with Gasteiger partial charge in [-0.2, -0.15) is 0 Å². The van der Waals surface area contributed by atoms with Crippen LogP contribution in [0.4, 0.5) is 0 Å². The molecule has 94 valence electrons. The fourth-order valence-corrected chi connectivity index (χ4v) is 2.43. The summed E-state index contributed by atoms with van der Waals surface area (Å²) in [4.78, 5) is 2.50. The Bertz CT molecular complexity index is 195. The summed E-state index contributed by atoms with van der Waals surface area (Å²) >= 11 is 0. The Balaban J connectivity index is 1.59. The summed E-state index contributed by atoms with van der Waals surface area (Å²) in [7, 11) is 0. The molecule has 2 heterocycles. The Labute approximate surface area is 97.5 Å². The van der Waals surface area contributed by atoms with Gasteiger partial charge >= 0.3 is 0 Å². The predicted molar refractivity (Wildman–Crippen MR) is 61.2 cm³/mol. The highest BCUT2D eigenvalue weighted by molar-refractivity contribution is 4.69. The molecular weight excluding hydrogens is 206 g/mol. The van der Waals surface area contributed by atoms with Crippen LogP contribution in [-0.4, -0.2) is 55.2 Å². The van der Waals surface area contributed by atoms with E-state index in [0.717, 1.165) is 13.0 Å². The van der Waals surface area contributed by atoms with Gasteiger partial charge in [0.25, 0.3) is 0 Å². The fraction of sp³-hybridized carbons (Fsp3) is 1.00. The zero-order chi connectivity index (χ0) is 11.2. The van der Waals surface area contributed by atoms with Crippen molar-refractivity contribution in [2.24, 2.45) is 0 Å². The number of hydrogen-bond acceptors (Lipinski definition) is 4. The van der Waals surface area contributed by atoms with Crippen molar-refractivity contribution in [2.45, 2.75) is 44.5 Å². The highest BCUT2D eigenvalue weighted by Gasteiger charge is 2.25. The molecule has 0 aliphatic carbocycles. The number of hydrogen-bond donors (Lipinski definition) is 1. The van der Waals surface area contributed by atoms with Gasteiger partial charge in [-0.25, -0.2) is 0 Å². The van der Waals surface area contributed by atoms with Crippen molar-refractivity contribution in [1.29, 1.82) is 0 Å². The molecule has 2 atom stereocenters. The van der Waals surface area contributed by atoms with Crippen molar-refractivity contribution in [3.8, 4) is 0 Å². The quantitative estimate of drug-likeness (QED) is 0.763. The van der Waals surface area contributed by atoms with Gasteiger partial charge < -0.3 is 19.5 Å². The lowest BCUT2D eigenvalue weighted by atomic mass is 10.1. The van der Waals surface area contributed by atoms with E-state index in [9.17, 15) is 0 Å². The third-order valence-corrected chi connectivity index (χ3v) is 3.39. The normalized spacial score (nSPS) is 32.1. The Morgan fingerprint density at radius 1 is 1.12 bits per heavy atom. The van der Waals surface area contributed by atoms with Crippen LogP contribution in [0.2, 0.25) is 0 Å². The van der Waals surface area contributed by atoms with Crippen LogP contribution in [-0.2, 0) is 9.47 Å². The zero-order valence-corrected chi connectivity index (χ0v) is 9.94. The molecule has 1 N–H and O–H groups in total. The maximum atomic E-state index is 8.80. The lowest BCUT2D eigenvalue weighted by Gasteiger charge is -2.27. The first-order valence-corrected chi connectivity index (χ1v) is 6.49. The first-order chi connectivity index (χ1) is 7.88. The summed E-state index contributed by atoms with van der Waals surface area (Å²) in [6, 6.07) is 0. The lowest BCUT2D eigenvalue weighted by molar-refractivity contribution is -0.0690. The fourth-order valence-electron chi connectivity index (χ4n) is 2.43. The molecule has 0 amide bonds. The lowest BCUT2D eigenvalue weighted by Crippen LogP contribution is -2.32. The standard InChI is InChI=1S/C12H23NO3/c14-9-5-11-10-15-12(16-11)4-8-13-6-2-1-3-7-13/h11-12,14H,1-10H2. The molecule has 0 spiro atoms. The van der Waals surface area contributed by atoms with Gasteiger partial charge in [0.05, 0.1) is 12.7 Å². The van der Waals surface area contributed by atoms with Crippen LogP contribution >= 0.6 is 0 Å². The van der Waals surface area contributed by atoms with Crippen LogP contribution < -0.4 is 0 Å². The molecule has 16 heavy (non-hydrogen) atoms. The van der Waals surface area contributed by atoms with E-state index in [1.165, 1.54) is 32.4 Å². The van der Waals surface area contributed by atoms with E-state index in [-0.39, 0.29) is 19.0 Å². The van der Waals surface area contributed by atoms with E-state index in [1.807, 2.05) is 0 Å². The topological polar surface area (TPSA) is 41.9 Å². The summed E-state index contributed by atoms with van der Waals surface area (Å²) in [6.07, 6.45) is 5.77. The molecule has 2 unspecified atom stereocenters. The molecule has 0 aromatic carbocycles. The van der Waals surface area contributed by atoms with Crippen molar-refractivity contribution >= 4 is 0 Å². The minimum absolute atomic E-state index is 0.0431. The molecule has 2 aliphatic rings. The minimum Gasteiger partial charge on any atom is -0.396 e. The number of aliphatic hydroxyl groups is 1. The molecule has 4 nitrogen and oxygen atoms in total. The number of ether oxygens (including phenoxy) is 2. The van der Waals surface area contributed by atoms with Crippen LogP contribution in [0.25, 0.3) is 0 Å². The number of piperidine rings is 1. The van der Waals surface area contributed by atoms with Crippen molar-refractivity contribution < 1.29 is 14.6 Å². The molecule has 0 saturated carbocycles. The second-order valence-corrected chi connectivity index (χ2v) is 4.72. The highest BCUT2D eigenvalue weighted by atomic mass is 16.7. The summed E-state index contributed by atoms with van der Waals surface area (Å²) in [5.41, 5.74) is 0. The van der Waals surface area contributed by atoms with Gasteiger partial charge in [-0.3, -0.25) is 0 Å². The van der Waals surface area contributed by atoms with E-state index in [0.29, 0.717) is 13.0 Å². The van der Waals surface area contributed by atoms with E-state index >= 15 is 0 Å². The van der Waals surface area contributed by atoms with Gasteiger partial charge in [-0.05, 0) is 32.4 Å². The molecule has 0 aromatic heterocycles. The number of nitrogens with zero attached hydrogens (tertiary/aromatic N) is 1. The molecular formula is C12H23NO3. The third kappa shape index (κ3) is 3.70. The Kier molecular flexibility index (Phi) is 5.03. The van der Waals surface area contributed by atoms with Crippen LogP contribution in [0.1, 0.15) is 32.1 Å². The average Bonchev–Trinajstić information content (AvgIpc) is 2.76. The number of likely N-dealkylation sites (tertiary alicyclic amines) is 1. The molecule has 2 fully saturated rings. The van der Waals surface area contributed by atoms with Crippen molar-refractivity contribution in [3.63, 3.8) is 0 Å². The zero-order valence-electron chi connectivity index (χ0n) is 9.94. The van der Waals surface area contributed by atoms with E-state index in [4.69, 9.17) is 14.6 Å². The van der Waals surface area contributed by atoms with E-state index in [2.05, 4.69) is 4.90 Å². The Hall–Kier alpha value is -0.160. The summed E-state index contributed by atoms with van der Waals surface area (Å²) in [5.74, 6) is 0. The third-order valence-electron chi connectivity index (χ3n) is 3.39. The maximum Gasteiger partial charge on any atom is 0.159 e. The Morgan fingerprint density at radius 2 is 1.94 bits per heavy atom. The molecule has 2 rings (SSSR count). The van der Waals surface area contributed by atoms with Gasteiger partial charge in [0.2, 0.25) is 0 Å². The summed E-state index contributed by atoms with van der Waals surface area (Å²) in [5, 5.41) is 8.80.